The zero-order valence-electron chi connectivity index (χ0n) is 21.4. The predicted octanol–water partition coefficient (Wildman–Crippen LogP) is 4.53. The molecule has 6 nitrogen and oxygen atoms in total. The highest BCUT2D eigenvalue weighted by molar-refractivity contribution is 5.84. The number of nitrogens with zero attached hydrogens (tertiary/aromatic N) is 4. The van der Waals surface area contributed by atoms with Crippen molar-refractivity contribution in [3.63, 3.8) is 0 Å². The van der Waals surface area contributed by atoms with E-state index in [0.29, 0.717) is 43.2 Å². The summed E-state index contributed by atoms with van der Waals surface area (Å²) in [6.07, 6.45) is 0.757. The Labute approximate surface area is 219 Å². The van der Waals surface area contributed by atoms with Gasteiger partial charge in [0.25, 0.3) is 5.56 Å². The maximum Gasteiger partial charge on any atom is 0.417 e. The number of benzene rings is 1. The van der Waals surface area contributed by atoms with E-state index >= 15 is 0 Å². The number of hydrogen-bond donors (Lipinski definition) is 0. The van der Waals surface area contributed by atoms with Gasteiger partial charge < -0.3 is 9.47 Å². The van der Waals surface area contributed by atoms with Crippen molar-refractivity contribution in [2.45, 2.75) is 51.4 Å². The van der Waals surface area contributed by atoms with Crippen LogP contribution >= 0.6 is 0 Å². The molecule has 1 amide bonds. The quantitative estimate of drug-likeness (QED) is 0.492. The first-order chi connectivity index (χ1) is 18.1. The average molecular weight is 525 g/mol. The molecule has 1 saturated heterocycles. The molecule has 1 atom stereocenters. The summed E-state index contributed by atoms with van der Waals surface area (Å²) in [6, 6.07) is 10.7. The number of halogens is 3. The predicted molar refractivity (Wildman–Crippen MR) is 137 cm³/mol. The lowest BCUT2D eigenvalue weighted by molar-refractivity contribution is -0.143. The van der Waals surface area contributed by atoms with Crippen molar-refractivity contribution in [2.75, 3.05) is 19.6 Å². The van der Waals surface area contributed by atoms with Crippen LogP contribution < -0.4 is 5.56 Å². The Hall–Kier alpha value is -3.20. The van der Waals surface area contributed by atoms with Crippen molar-refractivity contribution >= 4 is 16.8 Å². The van der Waals surface area contributed by atoms with Crippen molar-refractivity contribution in [2.24, 2.45) is 18.4 Å². The summed E-state index contributed by atoms with van der Waals surface area (Å²) in [7, 11) is 1.77. The number of fused-ring (bicyclic) bond motifs is 2. The number of hydrogen-bond acceptors (Lipinski definition) is 4. The third-order valence-corrected chi connectivity index (χ3v) is 8.52. The smallest absolute Gasteiger partial charge is 0.337 e. The van der Waals surface area contributed by atoms with E-state index in [1.165, 1.54) is 0 Å². The summed E-state index contributed by atoms with van der Waals surface area (Å²) >= 11 is 0. The van der Waals surface area contributed by atoms with Gasteiger partial charge in [-0.1, -0.05) is 25.0 Å². The van der Waals surface area contributed by atoms with E-state index in [1.807, 2.05) is 18.2 Å². The number of aryl methyl sites for hydroxylation is 1. The van der Waals surface area contributed by atoms with Crippen LogP contribution in [0.4, 0.5) is 13.2 Å². The maximum absolute atomic E-state index is 14.1. The summed E-state index contributed by atoms with van der Waals surface area (Å²) in [6.45, 7) is 2.76. The molecule has 6 rings (SSSR count). The summed E-state index contributed by atoms with van der Waals surface area (Å²) in [5.74, 6) is 0.612. The number of alkyl halides is 3. The Bertz CT molecular complexity index is 1460. The average Bonchev–Trinajstić information content (AvgIpc) is 3.62. The summed E-state index contributed by atoms with van der Waals surface area (Å²) in [5.41, 5.74) is 1.79. The molecule has 200 valence electrons. The molecule has 0 spiro atoms. The molecule has 0 radical (unpaired) electrons. The van der Waals surface area contributed by atoms with Crippen LogP contribution in [0.2, 0.25) is 0 Å². The van der Waals surface area contributed by atoms with E-state index in [1.54, 1.807) is 22.6 Å². The van der Waals surface area contributed by atoms with Crippen LogP contribution in [0.15, 0.2) is 47.4 Å². The molecule has 0 N–H and O–H groups in total. The SMILES string of the molecule is Cn1c(=O)ccc2ccc(CN3CC[C@@](CC4CC4)(C(=O)N4CCc5ncc(C(F)(F)F)cc5C4)C3)cc21. The van der Waals surface area contributed by atoms with E-state index in [4.69, 9.17) is 0 Å². The van der Waals surface area contributed by atoms with Gasteiger partial charge in [-0.25, -0.2) is 0 Å². The third kappa shape index (κ3) is 4.72. The number of pyridine rings is 2. The first-order valence-electron chi connectivity index (χ1n) is 13.3. The molecule has 0 bridgehead atoms. The number of likely N-dealkylation sites (tertiary alicyclic amines) is 1. The normalized spacial score (nSPS) is 22.2. The highest BCUT2D eigenvalue weighted by atomic mass is 19.4. The molecular weight excluding hydrogens is 493 g/mol. The van der Waals surface area contributed by atoms with Gasteiger partial charge in [0.1, 0.15) is 0 Å². The van der Waals surface area contributed by atoms with Gasteiger partial charge in [-0.2, -0.15) is 13.2 Å². The number of aromatic nitrogens is 2. The number of carbonyl (C=O) groups is 1. The van der Waals surface area contributed by atoms with Crippen LogP contribution in [-0.2, 0) is 37.5 Å². The van der Waals surface area contributed by atoms with Gasteiger partial charge in [0, 0.05) is 57.6 Å². The monoisotopic (exact) mass is 524 g/mol. The van der Waals surface area contributed by atoms with Gasteiger partial charge in [-0.3, -0.25) is 19.5 Å². The molecule has 2 aliphatic heterocycles. The second-order valence-electron chi connectivity index (χ2n) is 11.3. The molecule has 1 aromatic carbocycles. The molecule has 1 saturated carbocycles. The zero-order chi connectivity index (χ0) is 26.7. The van der Waals surface area contributed by atoms with Crippen LogP contribution in [-0.4, -0.2) is 44.9 Å². The van der Waals surface area contributed by atoms with Crippen LogP contribution in [0.1, 0.15) is 48.1 Å². The van der Waals surface area contributed by atoms with Gasteiger partial charge in [0.2, 0.25) is 5.91 Å². The number of rotatable bonds is 5. The summed E-state index contributed by atoms with van der Waals surface area (Å²) < 4.78 is 41.5. The maximum atomic E-state index is 14.1. The fraction of sp³-hybridized carbons (Fsp3) is 0.483. The third-order valence-electron chi connectivity index (χ3n) is 8.52. The van der Waals surface area contributed by atoms with Crippen molar-refractivity contribution in [3.05, 3.63) is 75.3 Å². The van der Waals surface area contributed by atoms with Crippen LogP contribution in [0.5, 0.6) is 0 Å². The van der Waals surface area contributed by atoms with Crippen molar-refractivity contribution in [3.8, 4) is 0 Å². The molecule has 3 aromatic rings. The lowest BCUT2D eigenvalue weighted by Crippen LogP contribution is -2.47. The number of carbonyl (C=O) groups excluding carboxylic acids is 1. The van der Waals surface area contributed by atoms with Crippen LogP contribution in [0.3, 0.4) is 0 Å². The molecule has 9 heteroatoms. The fourth-order valence-electron chi connectivity index (χ4n) is 6.26. The molecule has 3 aliphatic rings. The van der Waals surface area contributed by atoms with Crippen molar-refractivity contribution in [1.29, 1.82) is 0 Å². The minimum Gasteiger partial charge on any atom is -0.337 e. The first-order valence-corrected chi connectivity index (χ1v) is 13.3. The van der Waals surface area contributed by atoms with E-state index < -0.39 is 17.2 Å². The van der Waals surface area contributed by atoms with Gasteiger partial charge in [0.15, 0.2) is 0 Å². The van der Waals surface area contributed by atoms with E-state index in [0.717, 1.165) is 61.0 Å². The molecule has 2 fully saturated rings. The van der Waals surface area contributed by atoms with E-state index in [9.17, 15) is 22.8 Å². The minimum atomic E-state index is -4.46. The van der Waals surface area contributed by atoms with Crippen molar-refractivity contribution in [1.82, 2.24) is 19.4 Å². The Kier molecular flexibility index (Phi) is 6.09. The second-order valence-corrected chi connectivity index (χ2v) is 11.3. The molecule has 1 aliphatic carbocycles. The van der Waals surface area contributed by atoms with Gasteiger partial charge >= 0.3 is 6.18 Å². The summed E-state index contributed by atoms with van der Waals surface area (Å²) in [5, 5.41) is 1.00. The topological polar surface area (TPSA) is 58.4 Å². The lowest BCUT2D eigenvalue weighted by Gasteiger charge is -2.37. The fourth-order valence-corrected chi connectivity index (χ4v) is 6.26. The largest absolute Gasteiger partial charge is 0.417 e. The van der Waals surface area contributed by atoms with E-state index in [-0.39, 0.29) is 18.0 Å². The van der Waals surface area contributed by atoms with E-state index in [2.05, 4.69) is 16.0 Å². The van der Waals surface area contributed by atoms with Crippen LogP contribution in [0, 0.1) is 11.3 Å². The van der Waals surface area contributed by atoms with Crippen molar-refractivity contribution < 1.29 is 18.0 Å². The Balaban J connectivity index is 1.21. The first kappa shape index (κ1) is 25.1. The van der Waals surface area contributed by atoms with Gasteiger partial charge in [-0.15, -0.1) is 0 Å². The van der Waals surface area contributed by atoms with Gasteiger partial charge in [-0.05, 0) is 60.0 Å². The molecule has 38 heavy (non-hydrogen) atoms. The molecular formula is C29H31F3N4O2. The lowest BCUT2D eigenvalue weighted by atomic mass is 9.79. The molecule has 0 unspecified atom stereocenters. The highest BCUT2D eigenvalue weighted by Gasteiger charge is 2.49. The Morgan fingerprint density at radius 2 is 1.92 bits per heavy atom. The number of amides is 1. The van der Waals surface area contributed by atoms with Crippen LogP contribution in [0.25, 0.3) is 10.9 Å². The minimum absolute atomic E-state index is 0.0504. The standard InChI is InChI=1S/C29H31F3N4O2/c1-34-25-12-20(4-5-21(25)6-7-26(34)37)16-35-11-9-28(18-35,14-19-2-3-19)27(38)36-10-8-24-22(17-36)13-23(15-33-24)29(30,31)32/h4-7,12-13,15,19H,2-3,8-11,14,16-18H2,1H3/t28-/m0/s1. The summed E-state index contributed by atoms with van der Waals surface area (Å²) in [4.78, 5) is 34.3. The Morgan fingerprint density at radius 1 is 1.13 bits per heavy atom. The second kappa shape index (κ2) is 9.22. The highest BCUT2D eigenvalue weighted by Crippen LogP contribution is 2.47. The molecule has 4 heterocycles. The Morgan fingerprint density at radius 3 is 2.68 bits per heavy atom. The molecule has 2 aromatic heterocycles. The van der Waals surface area contributed by atoms with Gasteiger partial charge in [0.05, 0.1) is 16.5 Å². The zero-order valence-corrected chi connectivity index (χ0v) is 21.4.